The van der Waals surface area contributed by atoms with Gasteiger partial charge in [-0.1, -0.05) is 11.6 Å². The van der Waals surface area contributed by atoms with Gasteiger partial charge in [0.1, 0.15) is 5.58 Å². The maximum absolute atomic E-state index is 12.1. The zero-order valence-corrected chi connectivity index (χ0v) is 13.0. The molecule has 1 N–H and O–H groups in total. The van der Waals surface area contributed by atoms with E-state index in [2.05, 4.69) is 10.5 Å². The van der Waals surface area contributed by atoms with Crippen molar-refractivity contribution >= 4 is 34.7 Å². The molecule has 1 amide bonds. The maximum atomic E-state index is 12.1. The van der Waals surface area contributed by atoms with Gasteiger partial charge in [0.2, 0.25) is 6.79 Å². The summed E-state index contributed by atoms with van der Waals surface area (Å²) in [5, 5.41) is 5.26. The second-order valence-corrected chi connectivity index (χ2v) is 5.54. The van der Waals surface area contributed by atoms with E-state index in [-0.39, 0.29) is 12.6 Å². The topological polar surface area (TPSA) is 73.1 Å². The predicted molar refractivity (Wildman–Crippen MR) is 88.8 cm³/mol. The lowest BCUT2D eigenvalue weighted by atomic mass is 10.2. The molecule has 0 bridgehead atoms. The average molecular weight is 343 g/mol. The van der Waals surface area contributed by atoms with Crippen LogP contribution in [0.2, 0.25) is 5.02 Å². The van der Waals surface area contributed by atoms with Crippen LogP contribution >= 0.6 is 11.6 Å². The largest absolute Gasteiger partial charge is 0.454 e. The summed E-state index contributed by atoms with van der Waals surface area (Å²) in [5.74, 6) is 1.06. The molecule has 0 spiro atoms. The SMILES string of the molecule is O=C(N/N=C/c1ccc2c(c1)OCO2)c1cc2cc(Cl)ccc2o1. The number of amides is 1. The Kier molecular flexibility index (Phi) is 3.59. The number of ether oxygens (including phenoxy) is 2. The van der Waals surface area contributed by atoms with Crippen LogP contribution in [-0.4, -0.2) is 18.9 Å². The minimum atomic E-state index is -0.445. The molecule has 1 aliphatic rings. The van der Waals surface area contributed by atoms with Crippen LogP contribution in [0.15, 0.2) is 52.0 Å². The zero-order valence-electron chi connectivity index (χ0n) is 12.3. The lowest BCUT2D eigenvalue weighted by molar-refractivity contribution is 0.0929. The Hall–Kier alpha value is -2.99. The predicted octanol–water partition coefficient (Wildman–Crippen LogP) is 3.58. The summed E-state index contributed by atoms with van der Waals surface area (Å²) in [4.78, 5) is 12.1. The number of nitrogens with one attached hydrogen (secondary N) is 1. The number of carbonyl (C=O) groups excluding carboxylic acids is 1. The molecule has 1 aliphatic heterocycles. The molecule has 2 heterocycles. The lowest BCUT2D eigenvalue weighted by Crippen LogP contribution is -2.16. The molecule has 2 aromatic carbocycles. The van der Waals surface area contributed by atoms with E-state index in [4.69, 9.17) is 25.5 Å². The van der Waals surface area contributed by atoms with E-state index in [1.807, 2.05) is 6.07 Å². The summed E-state index contributed by atoms with van der Waals surface area (Å²) in [6.07, 6.45) is 1.51. The number of benzene rings is 2. The number of hydrogen-bond acceptors (Lipinski definition) is 5. The molecule has 120 valence electrons. The molecule has 0 aliphatic carbocycles. The van der Waals surface area contributed by atoms with Gasteiger partial charge in [-0.15, -0.1) is 0 Å². The van der Waals surface area contributed by atoms with Gasteiger partial charge in [0.15, 0.2) is 17.3 Å². The highest BCUT2D eigenvalue weighted by Gasteiger charge is 2.13. The number of carbonyl (C=O) groups is 1. The normalized spacial score (nSPS) is 12.9. The van der Waals surface area contributed by atoms with Gasteiger partial charge in [-0.2, -0.15) is 5.10 Å². The first kappa shape index (κ1) is 14.6. The standard InChI is InChI=1S/C17H11ClN2O4/c18-12-2-4-13-11(6-12)7-16(24-13)17(21)20-19-8-10-1-3-14-15(5-10)23-9-22-14/h1-8H,9H2,(H,20,21)/b19-8+. The van der Waals surface area contributed by atoms with Crippen molar-refractivity contribution in [1.29, 1.82) is 0 Å². The number of rotatable bonds is 3. The molecule has 0 saturated carbocycles. The summed E-state index contributed by atoms with van der Waals surface area (Å²) in [5.41, 5.74) is 3.78. The molecular weight excluding hydrogens is 332 g/mol. The van der Waals surface area contributed by atoms with Crippen LogP contribution in [0.3, 0.4) is 0 Å². The molecule has 0 atom stereocenters. The van der Waals surface area contributed by atoms with Crippen LogP contribution < -0.4 is 14.9 Å². The second-order valence-electron chi connectivity index (χ2n) is 5.10. The fourth-order valence-corrected chi connectivity index (χ4v) is 2.52. The van der Waals surface area contributed by atoms with Crippen LogP contribution in [0.5, 0.6) is 11.5 Å². The number of halogens is 1. The van der Waals surface area contributed by atoms with E-state index >= 15 is 0 Å². The summed E-state index contributed by atoms with van der Waals surface area (Å²) < 4.78 is 16.0. The molecule has 6 nitrogen and oxygen atoms in total. The number of hydrogen-bond donors (Lipinski definition) is 1. The number of nitrogens with zero attached hydrogens (tertiary/aromatic N) is 1. The molecular formula is C17H11ClN2O4. The van der Waals surface area contributed by atoms with Crippen LogP contribution in [-0.2, 0) is 0 Å². The van der Waals surface area contributed by atoms with Gasteiger partial charge in [0.25, 0.3) is 0 Å². The Morgan fingerprint density at radius 2 is 2.00 bits per heavy atom. The van der Waals surface area contributed by atoms with E-state index in [0.29, 0.717) is 22.1 Å². The number of fused-ring (bicyclic) bond motifs is 2. The zero-order chi connectivity index (χ0) is 16.5. The molecule has 7 heteroatoms. The minimum Gasteiger partial charge on any atom is -0.454 e. The molecule has 1 aromatic heterocycles. The van der Waals surface area contributed by atoms with Crippen molar-refractivity contribution in [2.45, 2.75) is 0 Å². The quantitative estimate of drug-likeness (QED) is 0.583. The smallest absolute Gasteiger partial charge is 0.307 e. The van der Waals surface area contributed by atoms with Crippen LogP contribution in [0, 0.1) is 0 Å². The monoisotopic (exact) mass is 342 g/mol. The van der Waals surface area contributed by atoms with E-state index in [0.717, 1.165) is 10.9 Å². The summed E-state index contributed by atoms with van der Waals surface area (Å²) in [6, 6.07) is 12.1. The first-order valence-corrected chi connectivity index (χ1v) is 7.49. The third kappa shape index (κ3) is 2.79. The fourth-order valence-electron chi connectivity index (χ4n) is 2.34. The maximum Gasteiger partial charge on any atom is 0.307 e. The van der Waals surface area contributed by atoms with Crippen LogP contribution in [0.1, 0.15) is 16.1 Å². The number of hydrazone groups is 1. The van der Waals surface area contributed by atoms with Crippen molar-refractivity contribution in [3.05, 3.63) is 58.8 Å². The molecule has 3 aromatic rings. The van der Waals surface area contributed by atoms with Gasteiger partial charge in [-0.05, 0) is 48.0 Å². The van der Waals surface area contributed by atoms with E-state index in [9.17, 15) is 4.79 Å². The Morgan fingerprint density at radius 3 is 2.92 bits per heavy atom. The number of furan rings is 1. The summed E-state index contributed by atoms with van der Waals surface area (Å²) >= 11 is 5.91. The molecule has 4 rings (SSSR count). The van der Waals surface area contributed by atoms with Crippen LogP contribution in [0.4, 0.5) is 0 Å². The second kappa shape index (κ2) is 5.90. The highest BCUT2D eigenvalue weighted by Crippen LogP contribution is 2.32. The highest BCUT2D eigenvalue weighted by molar-refractivity contribution is 6.31. The first-order valence-electron chi connectivity index (χ1n) is 7.11. The third-order valence-electron chi connectivity index (χ3n) is 3.48. The van der Waals surface area contributed by atoms with Crippen molar-refractivity contribution in [1.82, 2.24) is 5.43 Å². The van der Waals surface area contributed by atoms with Gasteiger partial charge < -0.3 is 13.9 Å². The average Bonchev–Trinajstić information content (AvgIpc) is 3.20. The van der Waals surface area contributed by atoms with Crippen LogP contribution in [0.25, 0.3) is 11.0 Å². The Morgan fingerprint density at radius 1 is 1.12 bits per heavy atom. The Labute approximate surface area is 141 Å². The van der Waals surface area contributed by atoms with E-state index in [1.165, 1.54) is 6.21 Å². The fraction of sp³-hybridized carbons (Fsp3) is 0.0588. The molecule has 0 fully saturated rings. The highest BCUT2D eigenvalue weighted by atomic mass is 35.5. The molecule has 24 heavy (non-hydrogen) atoms. The third-order valence-corrected chi connectivity index (χ3v) is 3.71. The molecule has 0 unspecified atom stereocenters. The first-order chi connectivity index (χ1) is 11.7. The van der Waals surface area contributed by atoms with Gasteiger partial charge in [-0.3, -0.25) is 4.79 Å². The lowest BCUT2D eigenvalue weighted by Gasteiger charge is -1.98. The van der Waals surface area contributed by atoms with Gasteiger partial charge in [0, 0.05) is 10.4 Å². The van der Waals surface area contributed by atoms with E-state index < -0.39 is 5.91 Å². The van der Waals surface area contributed by atoms with E-state index in [1.54, 1.807) is 36.4 Å². The van der Waals surface area contributed by atoms with Crippen molar-refractivity contribution in [2.75, 3.05) is 6.79 Å². The summed E-state index contributed by atoms with van der Waals surface area (Å²) in [7, 11) is 0. The van der Waals surface area contributed by atoms with Gasteiger partial charge in [0.05, 0.1) is 6.21 Å². The Bertz CT molecular complexity index is 964. The van der Waals surface area contributed by atoms with Gasteiger partial charge >= 0.3 is 5.91 Å². The molecule has 0 saturated heterocycles. The molecule has 0 radical (unpaired) electrons. The summed E-state index contributed by atoms with van der Waals surface area (Å²) in [6.45, 7) is 0.211. The Balaban J connectivity index is 1.47. The van der Waals surface area contributed by atoms with Crippen molar-refractivity contribution < 1.29 is 18.7 Å². The minimum absolute atomic E-state index is 0.162. The van der Waals surface area contributed by atoms with Crippen molar-refractivity contribution in [2.24, 2.45) is 5.10 Å². The van der Waals surface area contributed by atoms with Crippen molar-refractivity contribution in [3.8, 4) is 11.5 Å². The van der Waals surface area contributed by atoms with Gasteiger partial charge in [-0.25, -0.2) is 5.43 Å². The van der Waals surface area contributed by atoms with Crippen molar-refractivity contribution in [3.63, 3.8) is 0 Å².